The van der Waals surface area contributed by atoms with Crippen LogP contribution in [0, 0.1) is 0 Å². The van der Waals surface area contributed by atoms with E-state index in [-0.39, 0.29) is 5.97 Å². The number of esters is 1. The number of ether oxygens (including phenoxy) is 1. The van der Waals surface area contributed by atoms with Gasteiger partial charge in [0, 0.05) is 4.47 Å². The van der Waals surface area contributed by atoms with Gasteiger partial charge in [-0.2, -0.15) is 0 Å². The summed E-state index contributed by atoms with van der Waals surface area (Å²) in [6.45, 7) is 3.65. The summed E-state index contributed by atoms with van der Waals surface area (Å²) in [6, 6.07) is 5.37. The summed E-state index contributed by atoms with van der Waals surface area (Å²) < 4.78 is 5.61. The average molecular weight is 255 g/mol. The molecule has 0 spiro atoms. The molecule has 0 amide bonds. The van der Waals surface area contributed by atoms with Crippen LogP contribution in [0.3, 0.4) is 0 Å². The monoisotopic (exact) mass is 254 g/mol. The minimum atomic E-state index is -0.317. The molecule has 0 aliphatic heterocycles. The predicted octanol–water partition coefficient (Wildman–Crippen LogP) is 2.96. The lowest BCUT2D eigenvalue weighted by atomic mass is 10.1. The molecule has 74 valence electrons. The molecule has 0 aliphatic rings. The van der Waals surface area contributed by atoms with Crippen molar-refractivity contribution >= 4 is 21.9 Å². The van der Waals surface area contributed by atoms with Gasteiger partial charge in [-0.25, -0.2) is 4.79 Å². The Kier molecular flexibility index (Phi) is 3.89. The number of methoxy groups -OCH3 is 1. The molecule has 0 atom stereocenters. The molecule has 0 fully saturated rings. The molecule has 0 aliphatic carbocycles. The van der Waals surface area contributed by atoms with Crippen molar-refractivity contribution in [1.29, 1.82) is 0 Å². The summed E-state index contributed by atoms with van der Waals surface area (Å²) in [5.41, 5.74) is 1.59. The van der Waals surface area contributed by atoms with E-state index < -0.39 is 0 Å². The Balaban J connectivity index is 3.05. The third-order valence-electron chi connectivity index (χ3n) is 1.83. The van der Waals surface area contributed by atoms with Gasteiger partial charge in [0.15, 0.2) is 0 Å². The first kappa shape index (κ1) is 11.0. The number of allylic oxidation sites excluding steroid dienone is 1. The highest BCUT2D eigenvalue weighted by molar-refractivity contribution is 9.10. The zero-order valence-electron chi connectivity index (χ0n) is 7.92. The first-order chi connectivity index (χ1) is 6.69. The van der Waals surface area contributed by atoms with Gasteiger partial charge in [-0.05, 0) is 30.2 Å². The molecule has 0 heterocycles. The number of hydrogen-bond donors (Lipinski definition) is 0. The third kappa shape index (κ3) is 2.45. The van der Waals surface area contributed by atoms with E-state index in [9.17, 15) is 4.79 Å². The van der Waals surface area contributed by atoms with Gasteiger partial charge in [0.1, 0.15) is 0 Å². The van der Waals surface area contributed by atoms with Gasteiger partial charge < -0.3 is 4.74 Å². The number of rotatable bonds is 3. The van der Waals surface area contributed by atoms with Gasteiger partial charge in [0.25, 0.3) is 0 Å². The fraction of sp³-hybridized carbons (Fsp3) is 0.182. The summed E-state index contributed by atoms with van der Waals surface area (Å²) >= 11 is 3.40. The molecule has 3 heteroatoms. The van der Waals surface area contributed by atoms with Crippen LogP contribution in [0.25, 0.3) is 0 Å². The SMILES string of the molecule is C=CCc1cc(C(=O)OC)ccc1Br. The van der Waals surface area contributed by atoms with E-state index in [2.05, 4.69) is 27.2 Å². The van der Waals surface area contributed by atoms with Crippen LogP contribution in [-0.2, 0) is 11.2 Å². The zero-order chi connectivity index (χ0) is 10.6. The largest absolute Gasteiger partial charge is 0.465 e. The molecule has 1 rings (SSSR count). The van der Waals surface area contributed by atoms with Gasteiger partial charge in [-0.15, -0.1) is 6.58 Å². The fourth-order valence-electron chi connectivity index (χ4n) is 1.13. The van der Waals surface area contributed by atoms with Gasteiger partial charge in [-0.1, -0.05) is 22.0 Å². The molecule has 0 bridgehead atoms. The molecular formula is C11H11BrO2. The minimum Gasteiger partial charge on any atom is -0.465 e. The summed E-state index contributed by atoms with van der Waals surface area (Å²) in [5, 5.41) is 0. The predicted molar refractivity (Wildman–Crippen MR) is 59.4 cm³/mol. The highest BCUT2D eigenvalue weighted by Gasteiger charge is 2.07. The second kappa shape index (κ2) is 4.96. The third-order valence-corrected chi connectivity index (χ3v) is 2.60. The zero-order valence-corrected chi connectivity index (χ0v) is 9.50. The molecule has 0 N–H and O–H groups in total. The molecule has 0 saturated heterocycles. The molecule has 0 radical (unpaired) electrons. The van der Waals surface area contributed by atoms with Gasteiger partial charge in [-0.3, -0.25) is 0 Å². The number of carbonyl (C=O) groups is 1. The Morgan fingerprint density at radius 3 is 2.93 bits per heavy atom. The van der Waals surface area contributed by atoms with Crippen LogP contribution in [0.5, 0.6) is 0 Å². The van der Waals surface area contributed by atoms with E-state index in [4.69, 9.17) is 0 Å². The standard InChI is InChI=1S/C11H11BrO2/c1-3-4-8-7-9(11(13)14-2)5-6-10(8)12/h3,5-7H,1,4H2,2H3. The topological polar surface area (TPSA) is 26.3 Å². The van der Waals surface area contributed by atoms with E-state index in [1.54, 1.807) is 18.2 Å². The van der Waals surface area contributed by atoms with Crippen molar-refractivity contribution in [2.24, 2.45) is 0 Å². The van der Waals surface area contributed by atoms with Crippen LogP contribution in [0.1, 0.15) is 15.9 Å². The average Bonchev–Trinajstić information content (AvgIpc) is 2.20. The van der Waals surface area contributed by atoms with Crippen molar-refractivity contribution in [3.8, 4) is 0 Å². The van der Waals surface area contributed by atoms with Crippen molar-refractivity contribution in [3.63, 3.8) is 0 Å². The van der Waals surface area contributed by atoms with E-state index in [0.717, 1.165) is 16.5 Å². The summed E-state index contributed by atoms with van der Waals surface area (Å²) in [4.78, 5) is 11.2. The normalized spacial score (nSPS) is 9.57. The molecule has 14 heavy (non-hydrogen) atoms. The molecule has 0 saturated carbocycles. The lowest BCUT2D eigenvalue weighted by Crippen LogP contribution is -2.01. The smallest absolute Gasteiger partial charge is 0.337 e. The van der Waals surface area contributed by atoms with Crippen LogP contribution in [-0.4, -0.2) is 13.1 Å². The summed E-state index contributed by atoms with van der Waals surface area (Å²) in [6.07, 6.45) is 2.52. The van der Waals surface area contributed by atoms with Crippen LogP contribution in [0.4, 0.5) is 0 Å². The Morgan fingerprint density at radius 2 is 2.36 bits per heavy atom. The Morgan fingerprint density at radius 1 is 1.64 bits per heavy atom. The molecule has 1 aromatic carbocycles. The van der Waals surface area contributed by atoms with Crippen LogP contribution in [0.2, 0.25) is 0 Å². The highest BCUT2D eigenvalue weighted by atomic mass is 79.9. The molecule has 1 aromatic rings. The maximum Gasteiger partial charge on any atom is 0.337 e. The molecule has 0 aromatic heterocycles. The van der Waals surface area contributed by atoms with Crippen LogP contribution in [0.15, 0.2) is 35.3 Å². The van der Waals surface area contributed by atoms with E-state index in [0.29, 0.717) is 5.56 Å². The second-order valence-electron chi connectivity index (χ2n) is 2.79. The highest BCUT2D eigenvalue weighted by Crippen LogP contribution is 2.19. The van der Waals surface area contributed by atoms with Crippen molar-refractivity contribution in [2.45, 2.75) is 6.42 Å². The first-order valence-electron chi connectivity index (χ1n) is 4.16. The van der Waals surface area contributed by atoms with Gasteiger partial charge in [0.05, 0.1) is 12.7 Å². The lowest BCUT2D eigenvalue weighted by Gasteiger charge is -2.04. The maximum atomic E-state index is 11.2. The van der Waals surface area contributed by atoms with Crippen molar-refractivity contribution in [1.82, 2.24) is 0 Å². The maximum absolute atomic E-state index is 11.2. The molecular weight excluding hydrogens is 244 g/mol. The van der Waals surface area contributed by atoms with Crippen molar-refractivity contribution in [2.75, 3.05) is 7.11 Å². The number of benzene rings is 1. The van der Waals surface area contributed by atoms with E-state index >= 15 is 0 Å². The van der Waals surface area contributed by atoms with E-state index in [1.807, 2.05) is 6.07 Å². The van der Waals surface area contributed by atoms with Gasteiger partial charge >= 0.3 is 5.97 Å². The van der Waals surface area contributed by atoms with Gasteiger partial charge in [0.2, 0.25) is 0 Å². The van der Waals surface area contributed by atoms with Crippen molar-refractivity contribution < 1.29 is 9.53 Å². The van der Waals surface area contributed by atoms with Crippen molar-refractivity contribution in [3.05, 3.63) is 46.5 Å². The summed E-state index contributed by atoms with van der Waals surface area (Å²) in [5.74, 6) is -0.317. The quantitative estimate of drug-likeness (QED) is 0.613. The van der Waals surface area contributed by atoms with E-state index in [1.165, 1.54) is 7.11 Å². The number of halogens is 1. The van der Waals surface area contributed by atoms with Crippen LogP contribution < -0.4 is 0 Å². The second-order valence-corrected chi connectivity index (χ2v) is 3.64. The fourth-order valence-corrected chi connectivity index (χ4v) is 1.54. The number of carbonyl (C=O) groups excluding carboxylic acids is 1. The van der Waals surface area contributed by atoms with Crippen LogP contribution >= 0.6 is 15.9 Å². The Bertz CT molecular complexity index is 358. The molecule has 2 nitrogen and oxygen atoms in total. The first-order valence-corrected chi connectivity index (χ1v) is 4.96. The Labute approximate surface area is 91.7 Å². The minimum absolute atomic E-state index is 0.317. The molecule has 0 unspecified atom stereocenters. The lowest BCUT2D eigenvalue weighted by molar-refractivity contribution is 0.0600. The summed E-state index contributed by atoms with van der Waals surface area (Å²) in [7, 11) is 1.37. The Hall–Kier alpha value is -1.09. The number of hydrogen-bond acceptors (Lipinski definition) is 2.